The fourth-order valence-electron chi connectivity index (χ4n) is 9.94. The van der Waals surface area contributed by atoms with E-state index in [1.807, 2.05) is 12.4 Å². The third-order valence-corrected chi connectivity index (χ3v) is 12.8. The molecular weight excluding hydrogens is 753 g/mol. The summed E-state index contributed by atoms with van der Waals surface area (Å²) in [6.07, 6.45) is 3.81. The van der Waals surface area contributed by atoms with Crippen molar-refractivity contribution in [2.45, 2.75) is 0 Å². The molecule has 3 heterocycles. The van der Waals surface area contributed by atoms with Gasteiger partial charge in [0.05, 0.1) is 45.8 Å². The van der Waals surface area contributed by atoms with Crippen LogP contribution in [0.2, 0.25) is 0 Å². The molecule has 0 radical (unpaired) electrons. The fourth-order valence-corrected chi connectivity index (χ4v) is 9.94. The van der Waals surface area contributed by atoms with E-state index in [0.29, 0.717) is 0 Å². The van der Waals surface area contributed by atoms with Gasteiger partial charge < -0.3 is 9.13 Å². The number of aromatic nitrogens is 4. The first-order valence-corrected chi connectivity index (χ1v) is 21.1. The van der Waals surface area contributed by atoms with Crippen molar-refractivity contribution < 1.29 is 0 Å². The highest BCUT2D eigenvalue weighted by Gasteiger charge is 2.17. The Morgan fingerprint density at radius 1 is 0.242 bits per heavy atom. The van der Waals surface area contributed by atoms with E-state index in [4.69, 9.17) is 9.97 Å². The van der Waals surface area contributed by atoms with Crippen LogP contribution in [0.25, 0.3) is 121 Å². The molecular formula is C58H36N4. The number of hydrogen-bond acceptors (Lipinski definition) is 2. The molecule has 0 unspecified atom stereocenters. The van der Waals surface area contributed by atoms with Crippen LogP contribution in [0, 0.1) is 0 Å². The molecule has 288 valence electrons. The van der Waals surface area contributed by atoms with E-state index < -0.39 is 0 Å². The standard InChI is InChI=1S/C58H36N4/c1-2-14-41(15-3-1)61-55-23-10-8-21-48(55)51-32-37(26-29-57(51)61)38-27-30-58-52(33-38)49-22-9-11-24-56(49)62(58)42-16-12-13-39(31-42)53-35-60-54(36-59-53)40-25-28-47-45-19-5-4-17-43(45)44-18-6-7-20-46(44)50(47)34-40/h1-36H. The summed E-state index contributed by atoms with van der Waals surface area (Å²) in [6.45, 7) is 0. The smallest absolute Gasteiger partial charge is 0.0886 e. The van der Waals surface area contributed by atoms with Crippen LogP contribution in [0.4, 0.5) is 0 Å². The average molecular weight is 789 g/mol. The predicted molar refractivity (Wildman–Crippen MR) is 260 cm³/mol. The molecule has 0 aliphatic carbocycles. The lowest BCUT2D eigenvalue weighted by molar-refractivity contribution is 1.17. The van der Waals surface area contributed by atoms with E-state index >= 15 is 0 Å². The molecule has 3 aromatic heterocycles. The van der Waals surface area contributed by atoms with Crippen molar-refractivity contribution in [3.63, 3.8) is 0 Å². The van der Waals surface area contributed by atoms with Gasteiger partial charge in [-0.2, -0.15) is 0 Å². The fraction of sp³-hybridized carbons (Fsp3) is 0. The third-order valence-electron chi connectivity index (χ3n) is 12.8. The van der Waals surface area contributed by atoms with Gasteiger partial charge in [0.1, 0.15) is 0 Å². The summed E-state index contributed by atoms with van der Waals surface area (Å²) in [5.74, 6) is 0. The molecule has 0 bridgehead atoms. The first kappa shape index (κ1) is 34.5. The van der Waals surface area contributed by atoms with Crippen molar-refractivity contribution in [2.75, 3.05) is 0 Å². The Bertz CT molecular complexity index is 3880. The van der Waals surface area contributed by atoms with Crippen molar-refractivity contribution in [3.05, 3.63) is 219 Å². The maximum absolute atomic E-state index is 5.00. The number of nitrogens with zero attached hydrogens (tertiary/aromatic N) is 4. The zero-order valence-corrected chi connectivity index (χ0v) is 33.6. The van der Waals surface area contributed by atoms with Gasteiger partial charge in [0, 0.05) is 44.0 Å². The van der Waals surface area contributed by atoms with Crippen molar-refractivity contribution in [1.82, 2.24) is 19.1 Å². The number of benzene rings is 10. The van der Waals surface area contributed by atoms with E-state index in [2.05, 4.69) is 215 Å². The lowest BCUT2D eigenvalue weighted by Gasteiger charge is -2.12. The maximum Gasteiger partial charge on any atom is 0.0886 e. The van der Waals surface area contributed by atoms with Crippen molar-refractivity contribution in [2.24, 2.45) is 0 Å². The molecule has 13 aromatic rings. The first-order chi connectivity index (χ1) is 30.7. The summed E-state index contributed by atoms with van der Waals surface area (Å²) < 4.78 is 4.74. The minimum atomic E-state index is 0.833. The van der Waals surface area contributed by atoms with Crippen molar-refractivity contribution in [1.29, 1.82) is 0 Å². The summed E-state index contributed by atoms with van der Waals surface area (Å²) in [5, 5.41) is 12.5. The molecule has 62 heavy (non-hydrogen) atoms. The van der Waals surface area contributed by atoms with Gasteiger partial charge in [0.15, 0.2) is 0 Å². The Morgan fingerprint density at radius 3 is 1.21 bits per heavy atom. The number of rotatable bonds is 5. The highest BCUT2D eigenvalue weighted by molar-refractivity contribution is 6.25. The zero-order chi connectivity index (χ0) is 40.7. The molecule has 0 saturated heterocycles. The summed E-state index contributed by atoms with van der Waals surface area (Å²) in [4.78, 5) is 9.98. The molecule has 10 aromatic carbocycles. The molecule has 4 nitrogen and oxygen atoms in total. The van der Waals surface area contributed by atoms with E-state index in [1.165, 1.54) is 76.0 Å². The summed E-state index contributed by atoms with van der Waals surface area (Å²) in [7, 11) is 0. The third kappa shape index (κ3) is 5.27. The second-order valence-corrected chi connectivity index (χ2v) is 16.2. The Balaban J connectivity index is 0.875. The van der Waals surface area contributed by atoms with Crippen LogP contribution < -0.4 is 0 Å². The zero-order valence-electron chi connectivity index (χ0n) is 33.6. The second-order valence-electron chi connectivity index (χ2n) is 16.2. The maximum atomic E-state index is 5.00. The van der Waals surface area contributed by atoms with Crippen LogP contribution in [-0.2, 0) is 0 Å². The molecule has 0 saturated carbocycles. The molecule has 0 spiro atoms. The van der Waals surface area contributed by atoms with Crippen LogP contribution in [-0.4, -0.2) is 19.1 Å². The SMILES string of the molecule is c1ccc(-n2c3ccccc3c3cc(-c4ccc5c(c4)c4ccccc4n5-c4cccc(-c5cnc(-c6ccc7c8ccccc8c8ccccc8c7c6)cn5)c4)ccc32)cc1. The predicted octanol–water partition coefficient (Wildman–Crippen LogP) is 15.1. The minimum absolute atomic E-state index is 0.833. The van der Waals surface area contributed by atoms with Gasteiger partial charge in [-0.1, -0.05) is 140 Å². The monoisotopic (exact) mass is 788 g/mol. The lowest BCUT2D eigenvalue weighted by atomic mass is 9.93. The summed E-state index contributed by atoms with van der Waals surface area (Å²) >= 11 is 0. The molecule has 0 atom stereocenters. The largest absolute Gasteiger partial charge is 0.309 e. The van der Waals surface area contributed by atoms with Gasteiger partial charge in [-0.3, -0.25) is 9.97 Å². The molecule has 13 rings (SSSR count). The van der Waals surface area contributed by atoms with E-state index in [-0.39, 0.29) is 0 Å². The number of hydrogen-bond donors (Lipinski definition) is 0. The van der Waals surface area contributed by atoms with Crippen molar-refractivity contribution in [3.8, 4) is 45.0 Å². The molecule has 0 fully saturated rings. The van der Waals surface area contributed by atoms with Crippen molar-refractivity contribution >= 4 is 75.9 Å². The van der Waals surface area contributed by atoms with Crippen LogP contribution in [0.3, 0.4) is 0 Å². The second kappa shape index (κ2) is 13.6. The topological polar surface area (TPSA) is 35.6 Å². The quantitative estimate of drug-likeness (QED) is 0.163. The van der Waals surface area contributed by atoms with Crippen LogP contribution in [0.1, 0.15) is 0 Å². The van der Waals surface area contributed by atoms with Gasteiger partial charge in [-0.05, 0) is 110 Å². The Morgan fingerprint density at radius 2 is 0.645 bits per heavy atom. The molecule has 0 aliphatic heterocycles. The number of para-hydroxylation sites is 3. The summed E-state index contributed by atoms with van der Waals surface area (Å²) in [6, 6.07) is 74.6. The van der Waals surface area contributed by atoms with Gasteiger partial charge in [-0.25, -0.2) is 0 Å². The Kier molecular flexibility index (Phi) is 7.57. The lowest BCUT2D eigenvalue weighted by Crippen LogP contribution is -1.95. The minimum Gasteiger partial charge on any atom is -0.309 e. The van der Waals surface area contributed by atoms with E-state index in [9.17, 15) is 0 Å². The van der Waals surface area contributed by atoms with Gasteiger partial charge in [-0.15, -0.1) is 0 Å². The first-order valence-electron chi connectivity index (χ1n) is 21.1. The Hall–Kier alpha value is -8.34. The molecule has 0 N–H and O–H groups in total. The molecule has 4 heteroatoms. The molecule has 0 amide bonds. The molecule has 0 aliphatic rings. The van der Waals surface area contributed by atoms with Crippen LogP contribution >= 0.6 is 0 Å². The van der Waals surface area contributed by atoms with E-state index in [1.54, 1.807) is 0 Å². The normalized spacial score (nSPS) is 11.9. The van der Waals surface area contributed by atoms with Gasteiger partial charge in [0.25, 0.3) is 0 Å². The highest BCUT2D eigenvalue weighted by Crippen LogP contribution is 2.40. The average Bonchev–Trinajstić information content (AvgIpc) is 3.86. The summed E-state index contributed by atoms with van der Waals surface area (Å²) in [5.41, 5.74) is 13.1. The van der Waals surface area contributed by atoms with Gasteiger partial charge >= 0.3 is 0 Å². The highest BCUT2D eigenvalue weighted by atomic mass is 15.0. The van der Waals surface area contributed by atoms with Crippen LogP contribution in [0.15, 0.2) is 219 Å². The number of fused-ring (bicyclic) bond motifs is 12. The van der Waals surface area contributed by atoms with Crippen LogP contribution in [0.5, 0.6) is 0 Å². The van der Waals surface area contributed by atoms with E-state index in [0.717, 1.165) is 44.9 Å². The van der Waals surface area contributed by atoms with Gasteiger partial charge in [0.2, 0.25) is 0 Å². The Labute approximate surface area is 357 Å².